The number of hydrogen-bond acceptors (Lipinski definition) is 5. The zero-order valence-electron chi connectivity index (χ0n) is 12.4. The molecule has 5 nitrogen and oxygen atoms in total. The monoisotopic (exact) mass is 279 g/mol. The van der Waals surface area contributed by atoms with Crippen LogP contribution >= 0.6 is 0 Å². The van der Waals surface area contributed by atoms with Crippen LogP contribution in [0.3, 0.4) is 0 Å². The molecule has 1 aliphatic heterocycles. The highest BCUT2D eigenvalue weighted by Crippen LogP contribution is 2.39. The van der Waals surface area contributed by atoms with Crippen molar-refractivity contribution in [1.82, 2.24) is 4.90 Å². The maximum absolute atomic E-state index is 12.0. The van der Waals surface area contributed by atoms with Crippen molar-refractivity contribution in [1.29, 1.82) is 0 Å². The van der Waals surface area contributed by atoms with Crippen LogP contribution in [-0.2, 0) is 9.53 Å². The molecule has 1 saturated heterocycles. The molecule has 5 heteroatoms. The Bertz CT molecular complexity index is 489. The van der Waals surface area contributed by atoms with Crippen LogP contribution in [0, 0.1) is 5.92 Å². The summed E-state index contributed by atoms with van der Waals surface area (Å²) >= 11 is 0. The van der Waals surface area contributed by atoms with Gasteiger partial charge in [0.25, 0.3) is 0 Å². The highest BCUT2D eigenvalue weighted by molar-refractivity contribution is 5.74. The summed E-state index contributed by atoms with van der Waals surface area (Å²) < 4.78 is 15.6. The first-order valence-corrected chi connectivity index (χ1v) is 6.59. The first-order chi connectivity index (χ1) is 9.60. The van der Waals surface area contributed by atoms with Crippen LogP contribution in [0.2, 0.25) is 0 Å². The molecule has 0 N–H and O–H groups in total. The molecule has 0 saturated carbocycles. The number of hydrogen-bond donors (Lipinski definition) is 0. The van der Waals surface area contributed by atoms with Gasteiger partial charge in [0, 0.05) is 25.1 Å². The molecule has 0 amide bonds. The lowest BCUT2D eigenvalue weighted by atomic mass is 9.88. The molecule has 20 heavy (non-hydrogen) atoms. The van der Waals surface area contributed by atoms with Crippen LogP contribution in [0.25, 0.3) is 0 Å². The van der Waals surface area contributed by atoms with Gasteiger partial charge in [-0.2, -0.15) is 0 Å². The molecule has 1 aromatic rings. The Labute approximate surface area is 119 Å². The summed E-state index contributed by atoms with van der Waals surface area (Å²) in [6.07, 6.45) is 0. The summed E-state index contributed by atoms with van der Waals surface area (Å²) in [4.78, 5) is 14.1. The molecule has 1 fully saturated rings. The predicted octanol–water partition coefficient (Wildman–Crippen LogP) is 1.52. The van der Waals surface area contributed by atoms with Gasteiger partial charge in [0.15, 0.2) is 0 Å². The Morgan fingerprint density at radius 2 is 1.95 bits per heavy atom. The van der Waals surface area contributed by atoms with Crippen LogP contribution in [0.1, 0.15) is 11.5 Å². The Morgan fingerprint density at radius 1 is 1.20 bits per heavy atom. The molecule has 0 aromatic heterocycles. The molecular weight excluding hydrogens is 258 g/mol. The van der Waals surface area contributed by atoms with Gasteiger partial charge >= 0.3 is 5.97 Å². The quantitative estimate of drug-likeness (QED) is 0.782. The largest absolute Gasteiger partial charge is 0.497 e. The minimum atomic E-state index is -0.169. The Morgan fingerprint density at radius 3 is 2.55 bits per heavy atom. The smallest absolute Gasteiger partial charge is 0.310 e. The third-order valence-electron chi connectivity index (χ3n) is 3.85. The molecule has 1 heterocycles. The summed E-state index contributed by atoms with van der Waals surface area (Å²) in [6.45, 7) is 1.51. The average Bonchev–Trinajstić information content (AvgIpc) is 2.87. The van der Waals surface area contributed by atoms with E-state index in [0.29, 0.717) is 6.54 Å². The zero-order valence-corrected chi connectivity index (χ0v) is 12.4. The van der Waals surface area contributed by atoms with Gasteiger partial charge in [-0.1, -0.05) is 6.07 Å². The van der Waals surface area contributed by atoms with Gasteiger partial charge in [0.05, 0.1) is 27.2 Å². The van der Waals surface area contributed by atoms with E-state index < -0.39 is 0 Å². The number of rotatable bonds is 4. The number of likely N-dealkylation sites (tertiary alicyclic amines) is 1. The number of nitrogens with zero attached hydrogens (tertiary/aromatic N) is 1. The molecule has 1 aliphatic rings. The van der Waals surface area contributed by atoms with Gasteiger partial charge in [-0.3, -0.25) is 4.79 Å². The third-order valence-corrected chi connectivity index (χ3v) is 3.85. The normalized spacial score (nSPS) is 22.6. The standard InChI is InChI=1S/C15H21NO4/c1-16-8-12(13(9-16)15(17)20-4)11-6-5-10(18-2)7-14(11)19-3/h5-7,12-13H,8-9H2,1-4H3. The van der Waals surface area contributed by atoms with Crippen molar-refractivity contribution in [3.63, 3.8) is 0 Å². The molecule has 0 spiro atoms. The van der Waals surface area contributed by atoms with Gasteiger partial charge in [0.2, 0.25) is 0 Å². The lowest BCUT2D eigenvalue weighted by molar-refractivity contribution is -0.145. The fourth-order valence-corrected chi connectivity index (χ4v) is 2.83. The number of esters is 1. The molecule has 0 bridgehead atoms. The maximum Gasteiger partial charge on any atom is 0.310 e. The second kappa shape index (κ2) is 6.13. The van der Waals surface area contributed by atoms with E-state index in [1.807, 2.05) is 25.2 Å². The summed E-state index contributed by atoms with van der Waals surface area (Å²) in [7, 11) is 6.69. The second-order valence-electron chi connectivity index (χ2n) is 5.07. The van der Waals surface area contributed by atoms with E-state index in [1.54, 1.807) is 14.2 Å². The van der Waals surface area contributed by atoms with Crippen LogP contribution in [0.4, 0.5) is 0 Å². The van der Waals surface area contributed by atoms with E-state index in [9.17, 15) is 4.79 Å². The van der Waals surface area contributed by atoms with Gasteiger partial charge in [-0.25, -0.2) is 0 Å². The van der Waals surface area contributed by atoms with E-state index in [4.69, 9.17) is 14.2 Å². The molecular formula is C15H21NO4. The minimum Gasteiger partial charge on any atom is -0.497 e. The second-order valence-corrected chi connectivity index (χ2v) is 5.07. The molecule has 1 aromatic carbocycles. The molecule has 2 atom stereocenters. The zero-order chi connectivity index (χ0) is 14.7. The summed E-state index contributed by atoms with van der Waals surface area (Å²) in [6, 6.07) is 5.71. The maximum atomic E-state index is 12.0. The average molecular weight is 279 g/mol. The van der Waals surface area contributed by atoms with E-state index in [0.717, 1.165) is 23.6 Å². The van der Waals surface area contributed by atoms with Gasteiger partial charge in [-0.15, -0.1) is 0 Å². The van der Waals surface area contributed by atoms with Crippen molar-refractivity contribution in [2.75, 3.05) is 41.5 Å². The lowest BCUT2D eigenvalue weighted by Crippen LogP contribution is -2.23. The number of likely N-dealkylation sites (N-methyl/N-ethyl adjacent to an activating group) is 1. The Hall–Kier alpha value is -1.75. The summed E-state index contributed by atoms with van der Waals surface area (Å²) in [5, 5.41) is 0. The highest BCUT2D eigenvalue weighted by atomic mass is 16.5. The van der Waals surface area contributed by atoms with E-state index >= 15 is 0 Å². The first-order valence-electron chi connectivity index (χ1n) is 6.59. The predicted molar refractivity (Wildman–Crippen MR) is 75.3 cm³/mol. The minimum absolute atomic E-state index is 0.0771. The van der Waals surface area contributed by atoms with Crippen molar-refractivity contribution in [3.05, 3.63) is 23.8 Å². The molecule has 0 aliphatic carbocycles. The van der Waals surface area contributed by atoms with Crippen molar-refractivity contribution in [3.8, 4) is 11.5 Å². The van der Waals surface area contributed by atoms with Crippen molar-refractivity contribution in [2.24, 2.45) is 5.92 Å². The van der Waals surface area contributed by atoms with Crippen LogP contribution in [0.15, 0.2) is 18.2 Å². The lowest BCUT2D eigenvalue weighted by Gasteiger charge is -2.19. The first kappa shape index (κ1) is 14.7. The van der Waals surface area contributed by atoms with Gasteiger partial charge < -0.3 is 19.1 Å². The topological polar surface area (TPSA) is 48.0 Å². The van der Waals surface area contributed by atoms with E-state index in [-0.39, 0.29) is 17.8 Å². The fourth-order valence-electron chi connectivity index (χ4n) is 2.83. The van der Waals surface area contributed by atoms with Crippen molar-refractivity contribution < 1.29 is 19.0 Å². The molecule has 2 rings (SSSR count). The Balaban J connectivity index is 2.35. The summed E-state index contributed by atoms with van der Waals surface area (Å²) in [5.41, 5.74) is 1.02. The third kappa shape index (κ3) is 2.72. The van der Waals surface area contributed by atoms with Crippen molar-refractivity contribution >= 4 is 5.97 Å². The number of methoxy groups -OCH3 is 3. The van der Waals surface area contributed by atoms with E-state index in [2.05, 4.69) is 4.90 Å². The summed E-state index contributed by atoms with van der Waals surface area (Å²) in [5.74, 6) is 1.24. The number of benzene rings is 1. The highest BCUT2D eigenvalue weighted by Gasteiger charge is 2.39. The molecule has 110 valence electrons. The molecule has 2 unspecified atom stereocenters. The van der Waals surface area contributed by atoms with Crippen molar-refractivity contribution in [2.45, 2.75) is 5.92 Å². The fraction of sp³-hybridized carbons (Fsp3) is 0.533. The number of carbonyl (C=O) groups is 1. The van der Waals surface area contributed by atoms with E-state index in [1.165, 1.54) is 7.11 Å². The van der Waals surface area contributed by atoms with Gasteiger partial charge in [0.1, 0.15) is 11.5 Å². The van der Waals surface area contributed by atoms with Crippen LogP contribution in [-0.4, -0.2) is 52.3 Å². The number of carbonyl (C=O) groups excluding carboxylic acids is 1. The molecule has 0 radical (unpaired) electrons. The SMILES string of the molecule is COC(=O)C1CN(C)CC1c1ccc(OC)cc1OC. The number of ether oxygens (including phenoxy) is 3. The Kier molecular flexibility index (Phi) is 4.49. The van der Waals surface area contributed by atoms with Crippen LogP contribution < -0.4 is 9.47 Å². The van der Waals surface area contributed by atoms with Crippen LogP contribution in [0.5, 0.6) is 11.5 Å². The van der Waals surface area contributed by atoms with Gasteiger partial charge in [-0.05, 0) is 18.7 Å².